The maximum atomic E-state index is 12.3. The number of aromatic nitrogens is 3. The monoisotopic (exact) mass is 382 g/mol. The van der Waals surface area contributed by atoms with Crippen LogP contribution in [0.2, 0.25) is 0 Å². The van der Waals surface area contributed by atoms with Crippen LogP contribution in [0, 0.1) is 0 Å². The van der Waals surface area contributed by atoms with Gasteiger partial charge in [0, 0.05) is 52.0 Å². The van der Waals surface area contributed by atoms with Gasteiger partial charge in [-0.2, -0.15) is 0 Å². The van der Waals surface area contributed by atoms with E-state index in [0.29, 0.717) is 19.4 Å². The number of aromatic amines is 2. The van der Waals surface area contributed by atoms with Crippen LogP contribution in [0.25, 0.3) is 32.7 Å². The lowest BCUT2D eigenvalue weighted by Gasteiger charge is -2.05. The summed E-state index contributed by atoms with van der Waals surface area (Å²) in [5.41, 5.74) is 5.43. The summed E-state index contributed by atoms with van der Waals surface area (Å²) in [7, 11) is 0. The summed E-state index contributed by atoms with van der Waals surface area (Å²) in [6, 6.07) is 18.6. The van der Waals surface area contributed by atoms with E-state index >= 15 is 0 Å². The van der Waals surface area contributed by atoms with Gasteiger partial charge in [0.25, 0.3) is 0 Å². The zero-order valence-corrected chi connectivity index (χ0v) is 16.0. The maximum Gasteiger partial charge on any atom is 0.220 e. The van der Waals surface area contributed by atoms with Crippen molar-refractivity contribution in [3.63, 3.8) is 0 Å². The zero-order chi connectivity index (χ0) is 19.6. The molecule has 0 spiro atoms. The maximum absolute atomic E-state index is 12.3. The number of nitrogens with one attached hydrogen (secondary N) is 3. The Balaban J connectivity index is 1.19. The third kappa shape index (κ3) is 3.47. The van der Waals surface area contributed by atoms with Gasteiger partial charge in [-0.1, -0.05) is 36.4 Å². The highest BCUT2D eigenvalue weighted by atomic mass is 16.1. The summed E-state index contributed by atoms with van der Waals surface area (Å²) in [5.74, 6) is 0.0608. The molecule has 29 heavy (non-hydrogen) atoms. The Morgan fingerprint density at radius 1 is 0.897 bits per heavy atom. The lowest BCUT2D eigenvalue weighted by atomic mass is 10.1. The Hall–Kier alpha value is -3.60. The fraction of sp³-hybridized carbons (Fsp3) is 0.167. The van der Waals surface area contributed by atoms with Crippen molar-refractivity contribution in [3.8, 4) is 0 Å². The van der Waals surface area contributed by atoms with Crippen LogP contribution in [-0.4, -0.2) is 27.4 Å². The number of hydrogen-bond acceptors (Lipinski definition) is 2. The standard InChI is InChI=1S/C24H22N4O/c29-24(25-12-11-16-14-27-21-7-3-1-5-18(16)21)10-9-17-13-20-19-6-2-4-8-22(19)28-23(20)15-26-17/h1-8,13-15,27-28H,9-12H2,(H,25,29). The Morgan fingerprint density at radius 3 is 2.59 bits per heavy atom. The van der Waals surface area contributed by atoms with Crippen LogP contribution in [0.4, 0.5) is 0 Å². The smallest absolute Gasteiger partial charge is 0.220 e. The molecule has 0 saturated heterocycles. The van der Waals surface area contributed by atoms with E-state index in [0.717, 1.165) is 34.1 Å². The van der Waals surface area contributed by atoms with E-state index in [1.54, 1.807) is 0 Å². The second kappa shape index (κ2) is 7.43. The van der Waals surface area contributed by atoms with Gasteiger partial charge in [0.15, 0.2) is 0 Å². The number of carbonyl (C=O) groups excluding carboxylic acids is 1. The van der Waals surface area contributed by atoms with Crippen molar-refractivity contribution >= 4 is 38.6 Å². The molecule has 0 radical (unpaired) electrons. The Bertz CT molecular complexity index is 1310. The highest BCUT2D eigenvalue weighted by Gasteiger charge is 2.08. The van der Waals surface area contributed by atoms with Crippen LogP contribution in [-0.2, 0) is 17.6 Å². The minimum Gasteiger partial charge on any atom is -0.361 e. The predicted octanol–water partition coefficient (Wildman–Crippen LogP) is 4.49. The first-order chi connectivity index (χ1) is 14.3. The Labute approximate surface area is 168 Å². The van der Waals surface area contributed by atoms with E-state index in [9.17, 15) is 4.79 Å². The van der Waals surface area contributed by atoms with E-state index in [2.05, 4.69) is 50.6 Å². The SMILES string of the molecule is O=C(CCc1cc2c(cn1)[nH]c1ccccc12)NCCc1c[nH]c2ccccc12. The molecule has 5 nitrogen and oxygen atoms in total. The predicted molar refractivity (Wildman–Crippen MR) is 117 cm³/mol. The van der Waals surface area contributed by atoms with Crippen molar-refractivity contribution in [3.05, 3.63) is 78.2 Å². The van der Waals surface area contributed by atoms with Gasteiger partial charge in [-0.25, -0.2) is 0 Å². The fourth-order valence-electron chi connectivity index (χ4n) is 3.93. The molecule has 0 saturated carbocycles. The molecular formula is C24H22N4O. The molecule has 0 fully saturated rings. The molecule has 0 unspecified atom stereocenters. The molecule has 2 aromatic carbocycles. The van der Waals surface area contributed by atoms with Gasteiger partial charge in [0.1, 0.15) is 0 Å². The number of nitrogens with zero attached hydrogens (tertiary/aromatic N) is 1. The highest BCUT2D eigenvalue weighted by Crippen LogP contribution is 2.25. The van der Waals surface area contributed by atoms with Gasteiger partial charge in [-0.3, -0.25) is 9.78 Å². The van der Waals surface area contributed by atoms with Crippen molar-refractivity contribution < 1.29 is 4.79 Å². The first kappa shape index (κ1) is 17.5. The van der Waals surface area contributed by atoms with Crippen LogP contribution < -0.4 is 5.32 Å². The minimum atomic E-state index is 0.0608. The van der Waals surface area contributed by atoms with Gasteiger partial charge < -0.3 is 15.3 Å². The number of benzene rings is 2. The number of carbonyl (C=O) groups is 1. The molecule has 3 N–H and O–H groups in total. The second-order valence-corrected chi connectivity index (χ2v) is 7.35. The summed E-state index contributed by atoms with van der Waals surface area (Å²) in [4.78, 5) is 23.4. The molecule has 0 aliphatic heterocycles. The number of H-pyrrole nitrogens is 2. The first-order valence-corrected chi connectivity index (χ1v) is 9.95. The quantitative estimate of drug-likeness (QED) is 0.405. The van der Waals surface area contributed by atoms with Gasteiger partial charge in [0.05, 0.1) is 11.7 Å². The normalized spacial score (nSPS) is 11.4. The lowest BCUT2D eigenvalue weighted by molar-refractivity contribution is -0.121. The molecule has 1 amide bonds. The molecule has 0 atom stereocenters. The number of hydrogen-bond donors (Lipinski definition) is 3. The zero-order valence-electron chi connectivity index (χ0n) is 16.0. The Morgan fingerprint density at radius 2 is 1.69 bits per heavy atom. The number of pyridine rings is 1. The molecule has 0 bridgehead atoms. The summed E-state index contributed by atoms with van der Waals surface area (Å²) in [5, 5.41) is 6.60. The average Bonchev–Trinajstić information content (AvgIpc) is 3.33. The fourth-order valence-corrected chi connectivity index (χ4v) is 3.93. The largest absolute Gasteiger partial charge is 0.361 e. The van der Waals surface area contributed by atoms with Gasteiger partial charge in [0.2, 0.25) is 5.91 Å². The van der Waals surface area contributed by atoms with E-state index < -0.39 is 0 Å². The van der Waals surface area contributed by atoms with Crippen molar-refractivity contribution in [1.29, 1.82) is 0 Å². The van der Waals surface area contributed by atoms with E-state index in [-0.39, 0.29) is 5.91 Å². The third-order valence-corrected chi connectivity index (χ3v) is 5.45. The molecule has 5 rings (SSSR count). The van der Waals surface area contributed by atoms with Crippen LogP contribution >= 0.6 is 0 Å². The van der Waals surface area contributed by atoms with Crippen molar-refractivity contribution in [2.24, 2.45) is 0 Å². The van der Waals surface area contributed by atoms with Crippen molar-refractivity contribution in [2.75, 3.05) is 6.54 Å². The van der Waals surface area contributed by atoms with Crippen LogP contribution in [0.15, 0.2) is 67.0 Å². The number of para-hydroxylation sites is 2. The summed E-state index contributed by atoms with van der Waals surface area (Å²) in [6.45, 7) is 0.635. The molecular weight excluding hydrogens is 360 g/mol. The lowest BCUT2D eigenvalue weighted by Crippen LogP contribution is -2.25. The van der Waals surface area contributed by atoms with Crippen molar-refractivity contribution in [2.45, 2.75) is 19.3 Å². The number of aryl methyl sites for hydroxylation is 1. The van der Waals surface area contributed by atoms with Gasteiger partial charge >= 0.3 is 0 Å². The van der Waals surface area contributed by atoms with Crippen LogP contribution in [0.5, 0.6) is 0 Å². The highest BCUT2D eigenvalue weighted by molar-refractivity contribution is 6.06. The summed E-state index contributed by atoms with van der Waals surface area (Å²) < 4.78 is 0. The molecule has 144 valence electrons. The topological polar surface area (TPSA) is 73.6 Å². The van der Waals surface area contributed by atoms with Gasteiger partial charge in [-0.15, -0.1) is 0 Å². The molecule has 3 aromatic heterocycles. The summed E-state index contributed by atoms with van der Waals surface area (Å²) in [6.07, 6.45) is 5.77. The third-order valence-electron chi connectivity index (χ3n) is 5.45. The molecule has 0 aliphatic rings. The van der Waals surface area contributed by atoms with E-state index in [1.165, 1.54) is 16.3 Å². The molecule has 3 heterocycles. The second-order valence-electron chi connectivity index (χ2n) is 7.35. The number of amides is 1. The molecule has 5 aromatic rings. The van der Waals surface area contributed by atoms with Crippen molar-refractivity contribution in [1.82, 2.24) is 20.3 Å². The first-order valence-electron chi connectivity index (χ1n) is 9.95. The number of fused-ring (bicyclic) bond motifs is 4. The number of rotatable bonds is 6. The van der Waals surface area contributed by atoms with Crippen LogP contribution in [0.1, 0.15) is 17.7 Å². The summed E-state index contributed by atoms with van der Waals surface area (Å²) >= 11 is 0. The minimum absolute atomic E-state index is 0.0608. The molecule has 0 aliphatic carbocycles. The van der Waals surface area contributed by atoms with Crippen LogP contribution in [0.3, 0.4) is 0 Å². The van der Waals surface area contributed by atoms with E-state index in [4.69, 9.17) is 0 Å². The average molecular weight is 382 g/mol. The Kier molecular flexibility index (Phi) is 4.48. The van der Waals surface area contributed by atoms with Gasteiger partial charge in [-0.05, 0) is 36.6 Å². The molecule has 5 heteroatoms. The van der Waals surface area contributed by atoms with E-state index in [1.807, 2.05) is 36.7 Å².